The Balaban J connectivity index is 1.63. The molecule has 30 heavy (non-hydrogen) atoms. The second-order valence-corrected chi connectivity index (χ2v) is 6.60. The fourth-order valence-corrected chi connectivity index (χ4v) is 3.19. The van der Waals surface area contributed by atoms with Crippen LogP contribution in [0.5, 0.6) is 11.5 Å². The van der Waals surface area contributed by atoms with E-state index in [1.165, 1.54) is 13.2 Å². The largest absolute Gasteiger partial charge is 0.493 e. The maximum absolute atomic E-state index is 14.2. The molecule has 0 atom stereocenters. The van der Waals surface area contributed by atoms with Crippen LogP contribution in [-0.2, 0) is 9.53 Å². The zero-order valence-electron chi connectivity index (χ0n) is 17.0. The van der Waals surface area contributed by atoms with Crippen molar-refractivity contribution in [3.63, 3.8) is 0 Å². The van der Waals surface area contributed by atoms with Gasteiger partial charge in [0.25, 0.3) is 0 Å². The highest BCUT2D eigenvalue weighted by molar-refractivity contribution is 5.99. The lowest BCUT2D eigenvalue weighted by Crippen LogP contribution is -2.20. The number of benzene rings is 2. The van der Waals surface area contributed by atoms with Crippen LogP contribution in [0.25, 0.3) is 5.69 Å². The smallest absolute Gasteiger partial charge is 0.344 e. The molecule has 6 nitrogen and oxygen atoms in total. The van der Waals surface area contributed by atoms with Crippen LogP contribution in [-0.4, -0.2) is 36.6 Å². The lowest BCUT2D eigenvalue weighted by molar-refractivity contribution is -0.144. The molecule has 0 N–H and O–H groups in total. The van der Waals surface area contributed by atoms with Gasteiger partial charge >= 0.3 is 5.97 Å². The number of rotatable bonds is 8. The van der Waals surface area contributed by atoms with E-state index < -0.39 is 18.4 Å². The highest BCUT2D eigenvalue weighted by Crippen LogP contribution is 2.26. The molecule has 3 aromatic rings. The van der Waals surface area contributed by atoms with E-state index in [2.05, 4.69) is 0 Å². The van der Waals surface area contributed by atoms with Gasteiger partial charge in [-0.2, -0.15) is 0 Å². The van der Waals surface area contributed by atoms with Gasteiger partial charge in [-0.1, -0.05) is 24.3 Å². The van der Waals surface area contributed by atoms with E-state index in [0.29, 0.717) is 34.1 Å². The Labute approximate surface area is 173 Å². The molecule has 1 aromatic heterocycles. The fraction of sp³-hybridized carbons (Fsp3) is 0.217. The number of methoxy groups -OCH3 is 1. The van der Waals surface area contributed by atoms with Crippen molar-refractivity contribution in [1.82, 2.24) is 4.57 Å². The Morgan fingerprint density at radius 2 is 1.63 bits per heavy atom. The number of carbonyl (C=O) groups is 2. The SMILES string of the molecule is COc1ccccc1OCC(=O)OCC(=O)c1cc(C)n(-c2ccccc2F)c1C. The van der Waals surface area contributed by atoms with Crippen LogP contribution in [0.15, 0.2) is 54.6 Å². The van der Waals surface area contributed by atoms with Gasteiger partial charge in [-0.15, -0.1) is 0 Å². The molecule has 0 aliphatic heterocycles. The third kappa shape index (κ3) is 4.51. The number of nitrogens with zero attached hydrogens (tertiary/aromatic N) is 1. The molecule has 2 aromatic carbocycles. The third-order valence-electron chi connectivity index (χ3n) is 4.60. The molecule has 0 aliphatic rings. The lowest BCUT2D eigenvalue weighted by atomic mass is 10.1. The van der Waals surface area contributed by atoms with Crippen LogP contribution in [0.3, 0.4) is 0 Å². The van der Waals surface area contributed by atoms with Gasteiger partial charge < -0.3 is 18.8 Å². The van der Waals surface area contributed by atoms with Gasteiger partial charge in [0, 0.05) is 17.0 Å². The van der Waals surface area contributed by atoms with Crippen LogP contribution in [0.1, 0.15) is 21.7 Å². The first-order valence-electron chi connectivity index (χ1n) is 9.31. The molecule has 3 rings (SSSR count). The summed E-state index contributed by atoms with van der Waals surface area (Å²) in [6.45, 7) is 2.71. The maximum atomic E-state index is 14.2. The summed E-state index contributed by atoms with van der Waals surface area (Å²) in [5.74, 6) is -0.564. The summed E-state index contributed by atoms with van der Waals surface area (Å²) in [7, 11) is 1.50. The van der Waals surface area contributed by atoms with Crippen molar-refractivity contribution in [2.45, 2.75) is 13.8 Å². The van der Waals surface area contributed by atoms with Crippen molar-refractivity contribution >= 4 is 11.8 Å². The van der Waals surface area contributed by atoms with E-state index in [-0.39, 0.29) is 12.4 Å². The fourth-order valence-electron chi connectivity index (χ4n) is 3.19. The topological polar surface area (TPSA) is 66.8 Å². The normalized spacial score (nSPS) is 10.5. The van der Waals surface area contributed by atoms with Gasteiger partial charge in [0.05, 0.1) is 12.8 Å². The molecule has 0 radical (unpaired) electrons. The van der Waals surface area contributed by atoms with E-state index in [1.807, 2.05) is 0 Å². The van der Waals surface area contributed by atoms with E-state index in [9.17, 15) is 14.0 Å². The van der Waals surface area contributed by atoms with Crippen molar-refractivity contribution in [3.05, 3.63) is 77.4 Å². The molecule has 0 bridgehead atoms. The summed E-state index contributed by atoms with van der Waals surface area (Å²) in [4.78, 5) is 24.6. The second-order valence-electron chi connectivity index (χ2n) is 6.60. The number of hydrogen-bond donors (Lipinski definition) is 0. The lowest BCUT2D eigenvalue weighted by Gasteiger charge is -2.11. The highest BCUT2D eigenvalue weighted by atomic mass is 19.1. The maximum Gasteiger partial charge on any atom is 0.344 e. The summed E-state index contributed by atoms with van der Waals surface area (Å²) in [6, 6.07) is 14.9. The number of ketones is 1. The van der Waals surface area contributed by atoms with Crippen LogP contribution < -0.4 is 9.47 Å². The zero-order chi connectivity index (χ0) is 21.7. The van der Waals surface area contributed by atoms with Gasteiger partial charge in [0.15, 0.2) is 24.7 Å². The number of aryl methyl sites for hydroxylation is 1. The minimum Gasteiger partial charge on any atom is -0.493 e. The highest BCUT2D eigenvalue weighted by Gasteiger charge is 2.19. The Morgan fingerprint density at radius 1 is 0.967 bits per heavy atom. The predicted octanol–water partition coefficient (Wildman–Crippen LogP) is 4.05. The summed E-state index contributed by atoms with van der Waals surface area (Å²) < 4.78 is 31.4. The van der Waals surface area contributed by atoms with Crippen LogP contribution in [0.2, 0.25) is 0 Å². The van der Waals surface area contributed by atoms with Crippen LogP contribution in [0.4, 0.5) is 4.39 Å². The average molecular weight is 411 g/mol. The standard InChI is InChI=1S/C23H22FNO5/c1-15-12-17(16(2)25(15)19-9-5-4-8-18(19)24)20(26)13-30-23(27)14-29-22-11-7-6-10-21(22)28-3/h4-12H,13-14H2,1-3H3. The number of ether oxygens (including phenoxy) is 3. The summed E-state index contributed by atoms with van der Waals surface area (Å²) in [5, 5.41) is 0. The minimum atomic E-state index is -0.683. The predicted molar refractivity (Wildman–Crippen MR) is 109 cm³/mol. The van der Waals surface area contributed by atoms with Crippen molar-refractivity contribution in [2.75, 3.05) is 20.3 Å². The Morgan fingerprint density at radius 3 is 2.33 bits per heavy atom. The van der Waals surface area contributed by atoms with Gasteiger partial charge in [-0.05, 0) is 44.2 Å². The minimum absolute atomic E-state index is 0.355. The second kappa shape index (κ2) is 9.26. The Hall–Kier alpha value is -3.61. The molecule has 0 unspecified atom stereocenters. The molecule has 0 spiro atoms. The number of halogens is 1. The summed E-state index contributed by atoms with van der Waals surface area (Å²) in [6.07, 6.45) is 0. The number of hydrogen-bond acceptors (Lipinski definition) is 5. The molecular formula is C23H22FNO5. The van der Waals surface area contributed by atoms with Crippen molar-refractivity contribution in [1.29, 1.82) is 0 Å². The van der Waals surface area contributed by atoms with E-state index >= 15 is 0 Å². The molecule has 0 amide bonds. The van der Waals surface area contributed by atoms with Crippen molar-refractivity contribution in [2.24, 2.45) is 0 Å². The Kier molecular flexibility index (Phi) is 6.51. The molecule has 0 saturated carbocycles. The van der Waals surface area contributed by atoms with Gasteiger partial charge in [-0.3, -0.25) is 4.79 Å². The van der Waals surface area contributed by atoms with Crippen LogP contribution in [0, 0.1) is 19.7 Å². The number of carbonyl (C=O) groups excluding carboxylic acids is 2. The average Bonchev–Trinajstić information content (AvgIpc) is 3.05. The quantitative estimate of drug-likeness (QED) is 0.413. The van der Waals surface area contributed by atoms with Gasteiger partial charge in [-0.25, -0.2) is 9.18 Å². The number of Topliss-reactive ketones (excluding diaryl/α,β-unsaturated/α-hetero) is 1. The van der Waals surface area contributed by atoms with E-state index in [4.69, 9.17) is 14.2 Å². The molecule has 0 saturated heterocycles. The third-order valence-corrected chi connectivity index (χ3v) is 4.60. The first kappa shape index (κ1) is 21.1. The zero-order valence-corrected chi connectivity index (χ0v) is 17.0. The van der Waals surface area contributed by atoms with E-state index in [1.54, 1.807) is 66.9 Å². The number of para-hydroxylation sites is 3. The Bertz CT molecular complexity index is 1070. The number of esters is 1. The summed E-state index contributed by atoms with van der Waals surface area (Å²) in [5.41, 5.74) is 2.00. The monoisotopic (exact) mass is 411 g/mol. The molecule has 1 heterocycles. The molecule has 7 heteroatoms. The molecule has 0 fully saturated rings. The van der Waals surface area contributed by atoms with Crippen molar-refractivity contribution in [3.8, 4) is 17.2 Å². The van der Waals surface area contributed by atoms with E-state index in [0.717, 1.165) is 0 Å². The number of aromatic nitrogens is 1. The molecular weight excluding hydrogens is 389 g/mol. The van der Waals surface area contributed by atoms with Crippen molar-refractivity contribution < 1.29 is 28.2 Å². The first-order valence-corrected chi connectivity index (χ1v) is 9.31. The molecule has 156 valence electrons. The van der Waals surface area contributed by atoms with Gasteiger partial charge in [0.2, 0.25) is 5.78 Å². The molecule has 0 aliphatic carbocycles. The first-order chi connectivity index (χ1) is 14.4. The summed E-state index contributed by atoms with van der Waals surface area (Å²) >= 11 is 0. The van der Waals surface area contributed by atoms with Crippen LogP contribution >= 0.6 is 0 Å². The van der Waals surface area contributed by atoms with Gasteiger partial charge in [0.1, 0.15) is 5.82 Å².